The second-order valence-corrected chi connectivity index (χ2v) is 6.37. The van der Waals surface area contributed by atoms with Crippen molar-refractivity contribution < 1.29 is 14.3 Å². The fraction of sp³-hybridized carbons (Fsp3) is 0.238. The predicted octanol–water partition coefficient (Wildman–Crippen LogP) is 2.53. The van der Waals surface area contributed by atoms with Gasteiger partial charge < -0.3 is 10.1 Å². The van der Waals surface area contributed by atoms with E-state index < -0.39 is 18.0 Å². The van der Waals surface area contributed by atoms with E-state index in [1.807, 2.05) is 19.1 Å². The summed E-state index contributed by atoms with van der Waals surface area (Å²) in [5.74, 6) is -1.13. The third kappa shape index (κ3) is 4.43. The molecule has 0 saturated carbocycles. The molecule has 7 heteroatoms. The largest absolute Gasteiger partial charge is 0.451 e. The number of para-hydroxylation sites is 1. The minimum atomic E-state index is -0.998. The van der Waals surface area contributed by atoms with E-state index in [2.05, 4.69) is 10.3 Å². The van der Waals surface area contributed by atoms with Crippen LogP contribution in [-0.2, 0) is 27.3 Å². The molecule has 0 fully saturated rings. The van der Waals surface area contributed by atoms with Crippen molar-refractivity contribution in [1.29, 1.82) is 0 Å². The predicted molar refractivity (Wildman–Crippen MR) is 106 cm³/mol. The molecule has 0 unspecified atom stereocenters. The molecule has 1 heterocycles. The number of carbonyl (C=O) groups is 2. The number of hydrogen-bond donors (Lipinski definition) is 1. The zero-order valence-corrected chi connectivity index (χ0v) is 15.7. The topological polar surface area (TPSA) is 90.3 Å². The van der Waals surface area contributed by atoms with Crippen molar-refractivity contribution in [3.63, 3.8) is 0 Å². The second kappa shape index (κ2) is 8.47. The summed E-state index contributed by atoms with van der Waals surface area (Å²) in [6, 6.07) is 14.3. The Hall–Kier alpha value is -3.48. The van der Waals surface area contributed by atoms with Crippen molar-refractivity contribution in [3.05, 3.63) is 70.8 Å². The van der Waals surface area contributed by atoms with Crippen LogP contribution in [0.2, 0.25) is 0 Å². The highest BCUT2D eigenvalue weighted by atomic mass is 16.5. The lowest BCUT2D eigenvalue weighted by Crippen LogP contribution is -2.33. The first kappa shape index (κ1) is 19.3. The number of ether oxygens (including phenoxy) is 1. The third-order valence-corrected chi connectivity index (χ3v) is 4.34. The van der Waals surface area contributed by atoms with E-state index in [1.54, 1.807) is 36.4 Å². The summed E-state index contributed by atoms with van der Waals surface area (Å²) in [6.45, 7) is 3.21. The minimum Gasteiger partial charge on any atom is -0.451 e. The van der Waals surface area contributed by atoms with Crippen molar-refractivity contribution in [2.24, 2.45) is 0 Å². The summed E-state index contributed by atoms with van der Waals surface area (Å²) < 4.78 is 6.33. The summed E-state index contributed by atoms with van der Waals surface area (Å²) >= 11 is 0. The highest BCUT2D eigenvalue weighted by Gasteiger charge is 2.19. The first-order valence-corrected chi connectivity index (χ1v) is 9.01. The van der Waals surface area contributed by atoms with Crippen LogP contribution in [-0.4, -0.2) is 27.5 Å². The van der Waals surface area contributed by atoms with E-state index in [1.165, 1.54) is 17.8 Å². The van der Waals surface area contributed by atoms with Crippen molar-refractivity contribution >= 4 is 28.5 Å². The van der Waals surface area contributed by atoms with Gasteiger partial charge in [-0.15, -0.1) is 0 Å². The molecule has 3 rings (SSSR count). The van der Waals surface area contributed by atoms with E-state index in [0.29, 0.717) is 16.6 Å². The summed E-state index contributed by atoms with van der Waals surface area (Å²) in [7, 11) is 0. The first-order chi connectivity index (χ1) is 13.5. The van der Waals surface area contributed by atoms with Crippen LogP contribution >= 0.6 is 0 Å². The Kier molecular flexibility index (Phi) is 5.84. The molecule has 1 atom stereocenters. The molecule has 1 amide bonds. The Labute approximate surface area is 162 Å². The molecule has 2 aromatic carbocycles. The number of amides is 1. The van der Waals surface area contributed by atoms with E-state index in [0.717, 1.165) is 12.0 Å². The summed E-state index contributed by atoms with van der Waals surface area (Å²) in [4.78, 5) is 41.0. The van der Waals surface area contributed by atoms with Crippen molar-refractivity contribution in [1.82, 2.24) is 9.55 Å². The first-order valence-electron chi connectivity index (χ1n) is 9.01. The number of hydrogen-bond acceptors (Lipinski definition) is 5. The van der Waals surface area contributed by atoms with Crippen LogP contribution in [0.4, 0.5) is 5.69 Å². The normalized spacial score (nSPS) is 11.8. The number of anilines is 1. The van der Waals surface area contributed by atoms with Gasteiger partial charge in [0.15, 0.2) is 6.10 Å². The molecule has 1 N–H and O–H groups in total. The van der Waals surface area contributed by atoms with Crippen LogP contribution in [0.15, 0.2) is 59.7 Å². The Morgan fingerprint density at radius 1 is 1.14 bits per heavy atom. The number of nitrogens with zero attached hydrogens (tertiary/aromatic N) is 2. The summed E-state index contributed by atoms with van der Waals surface area (Å²) in [5, 5.41) is 3.12. The van der Waals surface area contributed by atoms with Crippen molar-refractivity contribution in [3.8, 4) is 0 Å². The smallest absolute Gasteiger partial charge is 0.326 e. The fourth-order valence-corrected chi connectivity index (χ4v) is 2.71. The third-order valence-electron chi connectivity index (χ3n) is 4.34. The molecule has 144 valence electrons. The van der Waals surface area contributed by atoms with Crippen LogP contribution in [0.25, 0.3) is 10.9 Å². The van der Waals surface area contributed by atoms with E-state index in [4.69, 9.17) is 4.74 Å². The molecule has 7 nitrogen and oxygen atoms in total. The number of aryl methyl sites for hydroxylation is 1. The molecule has 0 aliphatic rings. The van der Waals surface area contributed by atoms with Gasteiger partial charge in [0.25, 0.3) is 11.5 Å². The van der Waals surface area contributed by atoms with E-state index >= 15 is 0 Å². The lowest BCUT2D eigenvalue weighted by atomic mass is 10.1. The minimum absolute atomic E-state index is 0.320. The Balaban J connectivity index is 1.61. The molecular formula is C21H21N3O4. The molecule has 0 aliphatic heterocycles. The summed E-state index contributed by atoms with van der Waals surface area (Å²) in [5.41, 5.74) is 2.00. The second-order valence-electron chi connectivity index (χ2n) is 6.37. The van der Waals surface area contributed by atoms with Crippen LogP contribution < -0.4 is 10.9 Å². The standard InChI is InChI=1S/C21H21N3O4/c1-3-15-8-10-16(11-9-15)23-20(26)14(2)28-19(25)12-24-13-22-18-7-5-4-6-17(18)21(24)27/h4-11,13-14H,3,12H2,1-2H3,(H,23,26)/t14-/m1/s1. The Morgan fingerprint density at radius 2 is 1.86 bits per heavy atom. The summed E-state index contributed by atoms with van der Waals surface area (Å²) in [6.07, 6.45) is 1.21. The molecule has 0 aliphatic carbocycles. The van der Waals surface area contributed by atoms with Crippen LogP contribution in [0, 0.1) is 0 Å². The number of aromatic nitrogens is 2. The SMILES string of the molecule is CCc1ccc(NC(=O)[C@@H](C)OC(=O)Cn2cnc3ccccc3c2=O)cc1. The van der Waals surface area contributed by atoms with Gasteiger partial charge in [-0.2, -0.15) is 0 Å². The zero-order chi connectivity index (χ0) is 20.1. The van der Waals surface area contributed by atoms with Gasteiger partial charge in [-0.1, -0.05) is 31.2 Å². The highest BCUT2D eigenvalue weighted by Crippen LogP contribution is 2.11. The number of benzene rings is 2. The van der Waals surface area contributed by atoms with E-state index in [9.17, 15) is 14.4 Å². The maximum absolute atomic E-state index is 12.4. The van der Waals surface area contributed by atoms with Crippen LogP contribution in [0.5, 0.6) is 0 Å². The van der Waals surface area contributed by atoms with E-state index in [-0.39, 0.29) is 12.1 Å². The van der Waals surface area contributed by atoms with Crippen molar-refractivity contribution in [2.75, 3.05) is 5.32 Å². The number of fused-ring (bicyclic) bond motifs is 1. The highest BCUT2D eigenvalue weighted by molar-refractivity contribution is 5.95. The number of esters is 1. The van der Waals surface area contributed by atoms with Crippen LogP contribution in [0.1, 0.15) is 19.4 Å². The maximum Gasteiger partial charge on any atom is 0.326 e. The lowest BCUT2D eigenvalue weighted by Gasteiger charge is -2.14. The van der Waals surface area contributed by atoms with Crippen molar-refractivity contribution in [2.45, 2.75) is 32.9 Å². The van der Waals surface area contributed by atoms with Gasteiger partial charge in [0.2, 0.25) is 0 Å². The van der Waals surface area contributed by atoms with Crippen LogP contribution in [0.3, 0.4) is 0 Å². The molecule has 0 spiro atoms. The number of nitrogens with one attached hydrogen (secondary N) is 1. The molecule has 0 bridgehead atoms. The lowest BCUT2D eigenvalue weighted by molar-refractivity contribution is -0.153. The van der Waals surface area contributed by atoms with Gasteiger partial charge in [0, 0.05) is 5.69 Å². The molecule has 0 saturated heterocycles. The quantitative estimate of drug-likeness (QED) is 0.665. The molecular weight excluding hydrogens is 358 g/mol. The average molecular weight is 379 g/mol. The number of rotatable bonds is 6. The fourth-order valence-electron chi connectivity index (χ4n) is 2.71. The average Bonchev–Trinajstić information content (AvgIpc) is 2.70. The molecule has 0 radical (unpaired) electrons. The number of carbonyl (C=O) groups excluding carboxylic acids is 2. The van der Waals surface area contributed by atoms with Gasteiger partial charge in [0.1, 0.15) is 6.54 Å². The Morgan fingerprint density at radius 3 is 2.57 bits per heavy atom. The molecule has 1 aromatic heterocycles. The van der Waals surface area contributed by atoms with Gasteiger partial charge >= 0.3 is 5.97 Å². The van der Waals surface area contributed by atoms with Gasteiger partial charge in [-0.3, -0.25) is 19.0 Å². The molecule has 3 aromatic rings. The monoisotopic (exact) mass is 379 g/mol. The van der Waals surface area contributed by atoms with Gasteiger partial charge in [0.05, 0.1) is 17.2 Å². The Bertz CT molecular complexity index is 1060. The maximum atomic E-state index is 12.4. The van der Waals surface area contributed by atoms with Gasteiger partial charge in [-0.25, -0.2) is 4.98 Å². The van der Waals surface area contributed by atoms with Gasteiger partial charge in [-0.05, 0) is 43.2 Å². The zero-order valence-electron chi connectivity index (χ0n) is 15.7. The molecule has 28 heavy (non-hydrogen) atoms.